The molecule has 4 nitrogen and oxygen atoms in total. The third-order valence-electron chi connectivity index (χ3n) is 0.708. The van der Waals surface area contributed by atoms with Crippen molar-refractivity contribution in [2.75, 3.05) is 13.2 Å². The van der Waals surface area contributed by atoms with Crippen molar-refractivity contribution in [3.63, 3.8) is 0 Å². The Labute approximate surface area is 59.8 Å². The molecule has 0 unspecified atom stereocenters. The minimum absolute atomic E-state index is 0.239. The molecule has 0 aromatic carbocycles. The zero-order chi connectivity index (χ0) is 7.98. The maximum absolute atomic E-state index is 10.6. The van der Waals surface area contributed by atoms with E-state index in [0.717, 1.165) is 0 Å². The Balaban J connectivity index is 3.54. The van der Waals surface area contributed by atoms with Gasteiger partial charge in [0.1, 0.15) is 6.61 Å². The molecule has 0 bridgehead atoms. The molecule has 0 aliphatic rings. The van der Waals surface area contributed by atoms with Crippen molar-refractivity contribution >= 4 is 5.97 Å². The molecule has 0 aliphatic heterocycles. The van der Waals surface area contributed by atoms with Gasteiger partial charge >= 0.3 is 5.97 Å². The lowest BCUT2D eigenvalue weighted by Crippen LogP contribution is -2.12. The number of hydrogen-bond donors (Lipinski definition) is 2. The first-order valence-corrected chi connectivity index (χ1v) is 2.97. The minimum atomic E-state index is -0.439. The molecule has 0 spiro atoms. The molecule has 0 amide bonds. The maximum Gasteiger partial charge on any atom is 0.332 e. The summed E-state index contributed by atoms with van der Waals surface area (Å²) < 4.78 is 4.58. The van der Waals surface area contributed by atoms with Gasteiger partial charge in [0.15, 0.2) is 0 Å². The number of ether oxygens (including phenoxy) is 1. The molecule has 0 saturated carbocycles. The topological polar surface area (TPSA) is 78.3 Å². The highest BCUT2D eigenvalue weighted by Gasteiger charge is 1.94. The van der Waals surface area contributed by atoms with Crippen LogP contribution in [0.2, 0.25) is 0 Å². The van der Waals surface area contributed by atoms with E-state index in [4.69, 9.17) is 11.5 Å². The standard InChI is InChI=1S/C6H12N2O2/c1-5(8)4-6(9)10-3-2-7/h4H,2-3,7-8H2,1H3/b5-4-. The number of rotatable bonds is 3. The fraction of sp³-hybridized carbons (Fsp3) is 0.500. The Morgan fingerprint density at radius 2 is 2.30 bits per heavy atom. The summed E-state index contributed by atoms with van der Waals surface area (Å²) in [5, 5.41) is 0. The van der Waals surface area contributed by atoms with E-state index < -0.39 is 5.97 Å². The van der Waals surface area contributed by atoms with Gasteiger partial charge in [-0.1, -0.05) is 0 Å². The van der Waals surface area contributed by atoms with E-state index in [-0.39, 0.29) is 6.61 Å². The van der Waals surface area contributed by atoms with Crippen molar-refractivity contribution in [3.05, 3.63) is 11.8 Å². The Morgan fingerprint density at radius 3 is 2.70 bits per heavy atom. The fourth-order valence-electron chi connectivity index (χ4n) is 0.387. The van der Waals surface area contributed by atoms with E-state index in [1.165, 1.54) is 6.08 Å². The molecule has 0 radical (unpaired) electrons. The Bertz CT molecular complexity index is 139. The van der Waals surface area contributed by atoms with Crippen molar-refractivity contribution in [3.8, 4) is 0 Å². The molecular weight excluding hydrogens is 132 g/mol. The Kier molecular flexibility index (Phi) is 4.32. The first kappa shape index (κ1) is 8.97. The molecule has 0 heterocycles. The van der Waals surface area contributed by atoms with Crippen LogP contribution in [0.5, 0.6) is 0 Å². The maximum atomic E-state index is 10.6. The normalized spacial score (nSPS) is 11.2. The third-order valence-corrected chi connectivity index (χ3v) is 0.708. The number of nitrogens with two attached hydrogens (primary N) is 2. The van der Waals surface area contributed by atoms with Gasteiger partial charge in [-0.2, -0.15) is 0 Å². The van der Waals surface area contributed by atoms with Crippen molar-refractivity contribution < 1.29 is 9.53 Å². The van der Waals surface area contributed by atoms with Gasteiger partial charge in [-0.15, -0.1) is 0 Å². The summed E-state index contributed by atoms with van der Waals surface area (Å²) in [5.41, 5.74) is 10.7. The first-order chi connectivity index (χ1) is 4.66. The fourth-order valence-corrected chi connectivity index (χ4v) is 0.387. The van der Waals surface area contributed by atoms with Crippen molar-refractivity contribution in [1.29, 1.82) is 0 Å². The first-order valence-electron chi connectivity index (χ1n) is 2.97. The van der Waals surface area contributed by atoms with E-state index in [1.807, 2.05) is 0 Å². The predicted molar refractivity (Wildman–Crippen MR) is 38.0 cm³/mol. The second-order valence-electron chi connectivity index (χ2n) is 1.84. The molecule has 0 aromatic heterocycles. The quantitative estimate of drug-likeness (QED) is 0.407. The zero-order valence-corrected chi connectivity index (χ0v) is 5.96. The van der Waals surface area contributed by atoms with Crippen LogP contribution >= 0.6 is 0 Å². The molecule has 10 heavy (non-hydrogen) atoms. The van der Waals surface area contributed by atoms with Gasteiger partial charge < -0.3 is 16.2 Å². The summed E-state index contributed by atoms with van der Waals surface area (Å²) in [6.45, 7) is 2.19. The van der Waals surface area contributed by atoms with Gasteiger partial charge in [0, 0.05) is 18.3 Å². The van der Waals surface area contributed by atoms with Crippen LogP contribution in [0.1, 0.15) is 6.92 Å². The third kappa shape index (κ3) is 5.11. The number of carbonyl (C=O) groups is 1. The SMILES string of the molecule is C/C(N)=C/C(=O)OCCN. The van der Waals surface area contributed by atoms with Crippen molar-refractivity contribution in [2.24, 2.45) is 11.5 Å². The zero-order valence-electron chi connectivity index (χ0n) is 5.96. The molecule has 0 fully saturated rings. The van der Waals surface area contributed by atoms with Crippen LogP contribution in [0.15, 0.2) is 11.8 Å². The summed E-state index contributed by atoms with van der Waals surface area (Å²) >= 11 is 0. The number of esters is 1. The molecule has 0 aliphatic carbocycles. The Morgan fingerprint density at radius 1 is 1.70 bits per heavy atom. The van der Waals surface area contributed by atoms with Gasteiger partial charge in [0.2, 0.25) is 0 Å². The molecule has 0 aromatic rings. The highest BCUT2D eigenvalue weighted by Crippen LogP contribution is 1.83. The molecule has 4 N–H and O–H groups in total. The molecule has 0 rings (SSSR count). The largest absolute Gasteiger partial charge is 0.461 e. The van der Waals surface area contributed by atoms with Crippen LogP contribution < -0.4 is 11.5 Å². The summed E-state index contributed by atoms with van der Waals surface area (Å²) in [6, 6.07) is 0. The van der Waals surface area contributed by atoms with Crippen LogP contribution in [0.4, 0.5) is 0 Å². The van der Waals surface area contributed by atoms with Crippen LogP contribution in [-0.2, 0) is 9.53 Å². The van der Waals surface area contributed by atoms with E-state index >= 15 is 0 Å². The number of allylic oxidation sites excluding steroid dienone is 1. The Hall–Kier alpha value is -1.03. The van der Waals surface area contributed by atoms with Crippen LogP contribution in [-0.4, -0.2) is 19.1 Å². The summed E-state index contributed by atoms with van der Waals surface area (Å²) in [6.07, 6.45) is 1.22. The molecule has 58 valence electrons. The minimum Gasteiger partial charge on any atom is -0.461 e. The number of hydrogen-bond acceptors (Lipinski definition) is 4. The van der Waals surface area contributed by atoms with E-state index in [0.29, 0.717) is 12.2 Å². The molecule has 0 atom stereocenters. The lowest BCUT2D eigenvalue weighted by Gasteiger charge is -1.97. The summed E-state index contributed by atoms with van der Waals surface area (Å²) in [5.74, 6) is -0.439. The monoisotopic (exact) mass is 144 g/mol. The van der Waals surface area contributed by atoms with Crippen molar-refractivity contribution in [2.45, 2.75) is 6.92 Å². The van der Waals surface area contributed by atoms with Gasteiger partial charge in [-0.25, -0.2) is 4.79 Å². The summed E-state index contributed by atoms with van der Waals surface area (Å²) in [7, 11) is 0. The lowest BCUT2D eigenvalue weighted by atomic mass is 10.4. The predicted octanol–water partition coefficient (Wildman–Crippen LogP) is -0.649. The molecule has 4 heteroatoms. The van der Waals surface area contributed by atoms with Crippen LogP contribution in [0.25, 0.3) is 0 Å². The smallest absolute Gasteiger partial charge is 0.332 e. The average Bonchev–Trinajstić information content (AvgIpc) is 1.82. The van der Waals surface area contributed by atoms with E-state index in [1.54, 1.807) is 6.92 Å². The van der Waals surface area contributed by atoms with Crippen molar-refractivity contribution in [1.82, 2.24) is 0 Å². The van der Waals surface area contributed by atoms with E-state index in [2.05, 4.69) is 4.74 Å². The van der Waals surface area contributed by atoms with E-state index in [9.17, 15) is 4.79 Å². The highest BCUT2D eigenvalue weighted by atomic mass is 16.5. The van der Waals surface area contributed by atoms with Gasteiger partial charge in [0.05, 0.1) is 0 Å². The van der Waals surface area contributed by atoms with Gasteiger partial charge in [-0.05, 0) is 6.92 Å². The van der Waals surface area contributed by atoms with Crippen LogP contribution in [0.3, 0.4) is 0 Å². The average molecular weight is 144 g/mol. The highest BCUT2D eigenvalue weighted by molar-refractivity contribution is 5.82. The number of carbonyl (C=O) groups excluding carboxylic acids is 1. The second kappa shape index (κ2) is 4.81. The van der Waals surface area contributed by atoms with Gasteiger partial charge in [-0.3, -0.25) is 0 Å². The lowest BCUT2D eigenvalue weighted by molar-refractivity contribution is -0.137. The van der Waals surface area contributed by atoms with Crippen LogP contribution in [0, 0.1) is 0 Å². The molecule has 0 saturated heterocycles. The molecular formula is C6H12N2O2. The van der Waals surface area contributed by atoms with Gasteiger partial charge in [0.25, 0.3) is 0 Å². The summed E-state index contributed by atoms with van der Waals surface area (Å²) in [4.78, 5) is 10.6. The second-order valence-corrected chi connectivity index (χ2v) is 1.84.